The number of ether oxygens (including phenoxy) is 1. The van der Waals surface area contributed by atoms with E-state index in [-0.39, 0.29) is 12.2 Å². The number of rotatable bonds is 9. The number of halogens is 2. The van der Waals surface area contributed by atoms with E-state index in [4.69, 9.17) is 4.42 Å². The first-order valence-electron chi connectivity index (χ1n) is 11.1. The summed E-state index contributed by atoms with van der Waals surface area (Å²) in [5, 5.41) is 6.33. The first kappa shape index (κ1) is 24.2. The molecule has 0 aliphatic carbocycles. The lowest BCUT2D eigenvalue weighted by Crippen LogP contribution is -2.45. The summed E-state index contributed by atoms with van der Waals surface area (Å²) in [6.45, 7) is 0.0143. The van der Waals surface area contributed by atoms with Crippen LogP contribution in [0.2, 0.25) is 0 Å². The van der Waals surface area contributed by atoms with E-state index in [0.717, 1.165) is 15.8 Å². The molecule has 0 radical (unpaired) electrons. The molecule has 0 saturated carbocycles. The summed E-state index contributed by atoms with van der Waals surface area (Å²) < 4.78 is 34.7. The van der Waals surface area contributed by atoms with E-state index in [0.29, 0.717) is 17.8 Å². The van der Waals surface area contributed by atoms with Crippen molar-refractivity contribution in [1.29, 1.82) is 0 Å². The number of carbonyl (C=O) groups is 3. The monoisotopic (exact) mass is 485 g/mol. The second-order valence-electron chi connectivity index (χ2n) is 8.65. The number of hydrogen-bond acceptors (Lipinski definition) is 5. The Balaban J connectivity index is 1.33. The topological polar surface area (TPSA) is 101 Å². The largest absolute Gasteiger partial charge is 0.459 e. The molecule has 2 atom stereocenters. The van der Waals surface area contributed by atoms with Gasteiger partial charge in [0.25, 0.3) is 5.91 Å². The minimum absolute atomic E-state index is 0.0364. The Hall–Kier alpha value is -3.95. The Morgan fingerprint density at radius 2 is 1.89 bits per heavy atom. The van der Waals surface area contributed by atoms with Gasteiger partial charge in [-0.15, -0.1) is 0 Å². The zero-order valence-electron chi connectivity index (χ0n) is 19.2. The van der Waals surface area contributed by atoms with Crippen molar-refractivity contribution < 1.29 is 32.3 Å². The number of para-hydroxylation sites is 1. The second-order valence-corrected chi connectivity index (χ2v) is 8.65. The molecule has 3 aromatic rings. The van der Waals surface area contributed by atoms with Gasteiger partial charge in [-0.05, 0) is 56.5 Å². The summed E-state index contributed by atoms with van der Waals surface area (Å²) in [4.78, 5) is 38.9. The highest BCUT2D eigenvalue weighted by Gasteiger charge is 2.47. The number of fused-ring (bicyclic) bond motifs is 1. The van der Waals surface area contributed by atoms with Crippen molar-refractivity contribution in [1.82, 2.24) is 15.5 Å². The van der Waals surface area contributed by atoms with Crippen LogP contribution in [-0.4, -0.2) is 41.4 Å². The van der Waals surface area contributed by atoms with Gasteiger partial charge in [0.1, 0.15) is 29.2 Å². The fourth-order valence-electron chi connectivity index (χ4n) is 4.01. The summed E-state index contributed by atoms with van der Waals surface area (Å²) in [6, 6.07) is 14.3. The Bertz CT molecular complexity index is 1210. The predicted molar refractivity (Wildman–Crippen MR) is 123 cm³/mol. The van der Waals surface area contributed by atoms with Crippen LogP contribution in [0.15, 0.2) is 59.0 Å². The van der Waals surface area contributed by atoms with Crippen LogP contribution in [-0.2, 0) is 16.0 Å². The van der Waals surface area contributed by atoms with E-state index in [2.05, 4.69) is 15.4 Å². The van der Waals surface area contributed by atoms with Gasteiger partial charge in [0.05, 0.1) is 6.04 Å². The summed E-state index contributed by atoms with van der Waals surface area (Å²) in [5.74, 6) is -0.409. The maximum absolute atomic E-state index is 13.0. The van der Waals surface area contributed by atoms with E-state index in [9.17, 15) is 23.2 Å². The molecular weight excluding hydrogens is 460 g/mol. The lowest BCUT2D eigenvalue weighted by atomic mass is 9.93. The molecule has 1 fully saturated rings. The van der Waals surface area contributed by atoms with Crippen molar-refractivity contribution in [2.45, 2.75) is 44.9 Å². The van der Waals surface area contributed by atoms with Crippen LogP contribution in [0, 0.1) is 0 Å². The van der Waals surface area contributed by atoms with Gasteiger partial charge in [-0.25, -0.2) is 4.79 Å². The SMILES string of the molecule is C[C@@H](NC(=O)CN1C(=O)N[C@@](C)(CCc2ccc(OC(F)F)cc2)C1=O)c1cc2ccccc2o1. The number of hydrogen-bond donors (Lipinski definition) is 2. The smallest absolute Gasteiger partial charge is 0.387 e. The molecule has 1 aliphatic heterocycles. The van der Waals surface area contributed by atoms with E-state index < -0.39 is 42.6 Å². The third-order valence-corrected chi connectivity index (χ3v) is 5.96. The molecule has 0 spiro atoms. The highest BCUT2D eigenvalue weighted by Crippen LogP contribution is 2.26. The molecule has 4 amide bonds. The molecule has 8 nitrogen and oxygen atoms in total. The minimum Gasteiger partial charge on any atom is -0.459 e. The van der Waals surface area contributed by atoms with E-state index in [1.165, 1.54) is 12.1 Å². The number of imide groups is 1. The highest BCUT2D eigenvalue weighted by atomic mass is 19.3. The van der Waals surface area contributed by atoms with Crippen molar-refractivity contribution in [3.8, 4) is 5.75 Å². The van der Waals surface area contributed by atoms with E-state index >= 15 is 0 Å². The molecular formula is C25H25F2N3O5. The lowest BCUT2D eigenvalue weighted by Gasteiger charge is -2.22. The van der Waals surface area contributed by atoms with Crippen LogP contribution in [0.3, 0.4) is 0 Å². The van der Waals surface area contributed by atoms with Crippen molar-refractivity contribution in [3.63, 3.8) is 0 Å². The third-order valence-electron chi connectivity index (χ3n) is 5.96. The van der Waals surface area contributed by atoms with Crippen LogP contribution in [0.1, 0.15) is 37.6 Å². The third kappa shape index (κ3) is 5.42. The number of furan rings is 1. The lowest BCUT2D eigenvalue weighted by molar-refractivity contribution is -0.135. The molecule has 2 heterocycles. The Morgan fingerprint density at radius 1 is 1.17 bits per heavy atom. The number of amides is 4. The van der Waals surface area contributed by atoms with Crippen LogP contribution in [0.5, 0.6) is 5.75 Å². The molecule has 184 valence electrons. The average Bonchev–Trinajstić information content (AvgIpc) is 3.33. The van der Waals surface area contributed by atoms with Gasteiger partial charge in [0, 0.05) is 5.39 Å². The van der Waals surface area contributed by atoms with E-state index in [1.54, 1.807) is 26.0 Å². The number of alkyl halides is 2. The maximum atomic E-state index is 13.0. The van der Waals surface area contributed by atoms with Gasteiger partial charge in [0.15, 0.2) is 0 Å². The van der Waals surface area contributed by atoms with Crippen molar-refractivity contribution in [2.24, 2.45) is 0 Å². The molecule has 35 heavy (non-hydrogen) atoms. The number of nitrogens with zero attached hydrogens (tertiary/aromatic N) is 1. The Labute approximate surface area is 200 Å². The van der Waals surface area contributed by atoms with Crippen LogP contribution >= 0.6 is 0 Å². The molecule has 1 aromatic heterocycles. The van der Waals surface area contributed by atoms with Crippen molar-refractivity contribution in [3.05, 3.63) is 65.9 Å². The fourth-order valence-corrected chi connectivity index (χ4v) is 4.01. The zero-order chi connectivity index (χ0) is 25.2. The average molecular weight is 485 g/mol. The highest BCUT2D eigenvalue weighted by molar-refractivity contribution is 6.08. The van der Waals surface area contributed by atoms with Gasteiger partial charge in [0.2, 0.25) is 5.91 Å². The van der Waals surface area contributed by atoms with Gasteiger partial charge in [-0.3, -0.25) is 14.5 Å². The first-order chi connectivity index (χ1) is 16.6. The molecule has 4 rings (SSSR count). The molecule has 2 N–H and O–H groups in total. The summed E-state index contributed by atoms with van der Waals surface area (Å²) >= 11 is 0. The summed E-state index contributed by atoms with van der Waals surface area (Å²) in [5.41, 5.74) is 0.287. The molecule has 1 saturated heterocycles. The number of aryl methyl sites for hydroxylation is 1. The number of carbonyl (C=O) groups excluding carboxylic acids is 3. The van der Waals surface area contributed by atoms with Crippen molar-refractivity contribution >= 4 is 28.8 Å². The Morgan fingerprint density at radius 3 is 2.57 bits per heavy atom. The van der Waals surface area contributed by atoms with Crippen LogP contribution < -0.4 is 15.4 Å². The molecule has 0 bridgehead atoms. The summed E-state index contributed by atoms with van der Waals surface area (Å²) in [6.07, 6.45) is 0.667. The van der Waals surface area contributed by atoms with Crippen molar-refractivity contribution in [2.75, 3.05) is 6.54 Å². The maximum Gasteiger partial charge on any atom is 0.387 e. The van der Waals surface area contributed by atoms with Crippen LogP contribution in [0.4, 0.5) is 13.6 Å². The number of benzene rings is 2. The van der Waals surface area contributed by atoms with Gasteiger partial charge in [-0.2, -0.15) is 8.78 Å². The normalized spacial score (nSPS) is 18.7. The van der Waals surface area contributed by atoms with Gasteiger partial charge < -0.3 is 19.8 Å². The predicted octanol–water partition coefficient (Wildman–Crippen LogP) is 4.15. The minimum atomic E-state index is -2.91. The molecule has 2 aromatic carbocycles. The molecule has 10 heteroatoms. The zero-order valence-corrected chi connectivity index (χ0v) is 19.2. The molecule has 1 aliphatic rings. The first-order valence-corrected chi connectivity index (χ1v) is 11.1. The van der Waals surface area contributed by atoms with E-state index in [1.807, 2.05) is 30.3 Å². The fraction of sp³-hybridized carbons (Fsp3) is 0.320. The quantitative estimate of drug-likeness (QED) is 0.444. The number of urea groups is 1. The summed E-state index contributed by atoms with van der Waals surface area (Å²) in [7, 11) is 0. The van der Waals surface area contributed by atoms with Gasteiger partial charge >= 0.3 is 12.6 Å². The second kappa shape index (κ2) is 9.73. The molecule has 0 unspecified atom stereocenters. The van der Waals surface area contributed by atoms with Gasteiger partial charge in [-0.1, -0.05) is 30.3 Å². The number of nitrogens with one attached hydrogen (secondary N) is 2. The van der Waals surface area contributed by atoms with Crippen LogP contribution in [0.25, 0.3) is 11.0 Å². The Kier molecular flexibility index (Phi) is 6.72. The standard InChI is InChI=1S/C25H25F2N3O5/c1-15(20-13-17-5-3-4-6-19(17)35-20)28-21(31)14-30-22(32)25(2,29-24(30)33)12-11-16-7-9-18(10-8-16)34-23(26)27/h3-10,13,15,23H,11-12,14H2,1-2H3,(H,28,31)(H,29,33)/t15-,25+/m1/s1.